The molecule has 0 spiro atoms. The van der Waals surface area contributed by atoms with Crippen LogP contribution >= 0.6 is 11.6 Å². The molecule has 2 aromatic heterocycles. The van der Waals surface area contributed by atoms with Gasteiger partial charge in [-0.15, -0.1) is 5.10 Å². The fraction of sp³-hybridized carbons (Fsp3) is 0.350. The summed E-state index contributed by atoms with van der Waals surface area (Å²) in [7, 11) is 1.80. The van der Waals surface area contributed by atoms with E-state index >= 15 is 0 Å². The first-order valence-electron chi connectivity index (χ1n) is 9.59. The van der Waals surface area contributed by atoms with Gasteiger partial charge in [0, 0.05) is 44.8 Å². The molecule has 0 saturated carbocycles. The standard InChI is InChI=1S/C20H24ClN7O/c1-22-20(23-13-18-24-19(26-25-18)17-3-2-12-29-17)28-10-8-27(9-11-28)14-15-4-6-16(21)7-5-15/h2-7,12H,8-11,13-14H2,1H3,(H,22,23)(H,24,25,26). The fourth-order valence-electron chi connectivity index (χ4n) is 3.35. The molecule has 8 nitrogen and oxygen atoms in total. The van der Waals surface area contributed by atoms with E-state index in [1.807, 2.05) is 24.3 Å². The molecule has 0 unspecified atom stereocenters. The Morgan fingerprint density at radius 3 is 2.69 bits per heavy atom. The molecule has 0 bridgehead atoms. The molecule has 29 heavy (non-hydrogen) atoms. The Hall–Kier alpha value is -2.84. The molecular weight excluding hydrogens is 390 g/mol. The van der Waals surface area contributed by atoms with Crippen molar-refractivity contribution in [3.05, 3.63) is 59.1 Å². The minimum Gasteiger partial charge on any atom is -0.461 e. The van der Waals surface area contributed by atoms with Crippen LogP contribution in [-0.2, 0) is 13.1 Å². The van der Waals surface area contributed by atoms with Gasteiger partial charge in [0.05, 0.1) is 12.8 Å². The lowest BCUT2D eigenvalue weighted by molar-refractivity contribution is 0.172. The Morgan fingerprint density at radius 1 is 1.21 bits per heavy atom. The zero-order chi connectivity index (χ0) is 20.1. The van der Waals surface area contributed by atoms with Gasteiger partial charge >= 0.3 is 0 Å². The third kappa shape index (κ3) is 4.96. The van der Waals surface area contributed by atoms with E-state index in [2.05, 4.69) is 47.4 Å². The van der Waals surface area contributed by atoms with Crippen molar-refractivity contribution in [1.82, 2.24) is 30.3 Å². The number of aromatic nitrogens is 3. The molecule has 0 amide bonds. The summed E-state index contributed by atoms with van der Waals surface area (Å²) in [6.07, 6.45) is 1.61. The number of nitrogens with zero attached hydrogens (tertiary/aromatic N) is 5. The first kappa shape index (κ1) is 19.5. The summed E-state index contributed by atoms with van der Waals surface area (Å²) < 4.78 is 5.32. The Balaban J connectivity index is 1.26. The van der Waals surface area contributed by atoms with Gasteiger partial charge in [-0.25, -0.2) is 4.98 Å². The van der Waals surface area contributed by atoms with Gasteiger partial charge < -0.3 is 14.6 Å². The van der Waals surface area contributed by atoms with Crippen molar-refractivity contribution in [2.45, 2.75) is 13.1 Å². The topological polar surface area (TPSA) is 85.6 Å². The molecule has 2 N–H and O–H groups in total. The molecule has 1 aliphatic rings. The number of rotatable bonds is 5. The van der Waals surface area contributed by atoms with Crippen molar-refractivity contribution in [1.29, 1.82) is 0 Å². The van der Waals surface area contributed by atoms with Crippen molar-refractivity contribution in [2.75, 3.05) is 33.2 Å². The number of H-pyrrole nitrogens is 1. The van der Waals surface area contributed by atoms with Crippen molar-refractivity contribution in [3.63, 3.8) is 0 Å². The van der Waals surface area contributed by atoms with E-state index < -0.39 is 0 Å². The molecule has 0 aliphatic carbocycles. The number of halogens is 1. The zero-order valence-electron chi connectivity index (χ0n) is 16.3. The lowest BCUT2D eigenvalue weighted by Crippen LogP contribution is -2.52. The molecule has 1 saturated heterocycles. The van der Waals surface area contributed by atoms with Crippen LogP contribution in [0.4, 0.5) is 0 Å². The number of aliphatic imine (C=N–C) groups is 1. The Morgan fingerprint density at radius 2 is 2.00 bits per heavy atom. The second-order valence-corrected chi connectivity index (χ2v) is 7.31. The highest BCUT2D eigenvalue weighted by atomic mass is 35.5. The van der Waals surface area contributed by atoms with E-state index in [0.29, 0.717) is 18.1 Å². The van der Waals surface area contributed by atoms with E-state index in [9.17, 15) is 0 Å². The normalized spacial score (nSPS) is 15.7. The van der Waals surface area contributed by atoms with Gasteiger partial charge in [-0.1, -0.05) is 23.7 Å². The summed E-state index contributed by atoms with van der Waals surface area (Å²) in [5, 5.41) is 11.3. The van der Waals surface area contributed by atoms with Crippen LogP contribution in [0.2, 0.25) is 5.02 Å². The first-order chi connectivity index (χ1) is 14.2. The van der Waals surface area contributed by atoms with Crippen LogP contribution in [0.3, 0.4) is 0 Å². The number of furan rings is 1. The molecule has 3 heterocycles. The van der Waals surface area contributed by atoms with Crippen molar-refractivity contribution in [2.24, 2.45) is 4.99 Å². The molecule has 1 fully saturated rings. The van der Waals surface area contributed by atoms with Gasteiger partial charge in [-0.2, -0.15) is 0 Å². The second-order valence-electron chi connectivity index (χ2n) is 6.87. The minimum absolute atomic E-state index is 0.519. The third-order valence-corrected chi connectivity index (χ3v) is 5.14. The van der Waals surface area contributed by atoms with Crippen LogP contribution in [-0.4, -0.2) is 64.2 Å². The van der Waals surface area contributed by atoms with Crippen LogP contribution in [0.15, 0.2) is 52.1 Å². The minimum atomic E-state index is 0.519. The van der Waals surface area contributed by atoms with Crippen LogP contribution in [0.25, 0.3) is 11.6 Å². The summed E-state index contributed by atoms with van der Waals surface area (Å²) in [5.41, 5.74) is 1.28. The first-order valence-corrected chi connectivity index (χ1v) is 9.96. The molecule has 4 rings (SSSR count). The van der Waals surface area contributed by atoms with Gasteiger partial charge in [0.15, 0.2) is 11.7 Å². The third-order valence-electron chi connectivity index (χ3n) is 4.89. The molecular formula is C20H24ClN7O. The highest BCUT2D eigenvalue weighted by Gasteiger charge is 2.20. The molecule has 3 aromatic rings. The van der Waals surface area contributed by atoms with Crippen LogP contribution in [0.1, 0.15) is 11.4 Å². The summed E-state index contributed by atoms with van der Waals surface area (Å²) in [5.74, 6) is 2.80. The van der Waals surface area contributed by atoms with Crippen molar-refractivity contribution < 1.29 is 4.42 Å². The van der Waals surface area contributed by atoms with Gasteiger partial charge in [-0.05, 0) is 29.8 Å². The molecule has 0 radical (unpaired) electrons. The Bertz CT molecular complexity index is 928. The van der Waals surface area contributed by atoms with Crippen LogP contribution in [0.5, 0.6) is 0 Å². The maximum Gasteiger partial charge on any atom is 0.216 e. The second kappa shape index (κ2) is 9.11. The monoisotopic (exact) mass is 413 g/mol. The molecule has 1 aliphatic heterocycles. The molecule has 1 aromatic carbocycles. The lowest BCUT2D eigenvalue weighted by Gasteiger charge is -2.36. The van der Waals surface area contributed by atoms with Crippen LogP contribution < -0.4 is 5.32 Å². The maximum atomic E-state index is 5.97. The number of aromatic amines is 1. The molecule has 9 heteroatoms. The van der Waals surface area contributed by atoms with E-state index in [4.69, 9.17) is 16.0 Å². The Labute approximate surface area is 174 Å². The van der Waals surface area contributed by atoms with E-state index in [1.165, 1.54) is 5.56 Å². The van der Waals surface area contributed by atoms with Crippen molar-refractivity contribution >= 4 is 17.6 Å². The average molecular weight is 414 g/mol. The summed E-state index contributed by atoms with van der Waals surface area (Å²) in [4.78, 5) is 13.6. The van der Waals surface area contributed by atoms with E-state index in [0.717, 1.165) is 49.5 Å². The predicted molar refractivity (Wildman–Crippen MR) is 113 cm³/mol. The number of nitrogens with one attached hydrogen (secondary N) is 2. The van der Waals surface area contributed by atoms with Gasteiger partial charge in [0.1, 0.15) is 5.82 Å². The predicted octanol–water partition coefficient (Wildman–Crippen LogP) is 2.61. The fourth-order valence-corrected chi connectivity index (χ4v) is 3.48. The van der Waals surface area contributed by atoms with Gasteiger partial charge in [0.25, 0.3) is 0 Å². The highest BCUT2D eigenvalue weighted by Crippen LogP contribution is 2.15. The quantitative estimate of drug-likeness (QED) is 0.494. The Kier molecular flexibility index (Phi) is 6.12. The SMILES string of the molecule is CN=C(NCc1nc(-c2ccco2)n[nH]1)N1CCN(Cc2ccc(Cl)cc2)CC1. The van der Waals surface area contributed by atoms with Crippen molar-refractivity contribution in [3.8, 4) is 11.6 Å². The zero-order valence-corrected chi connectivity index (χ0v) is 17.1. The van der Waals surface area contributed by atoms with Gasteiger partial charge in [0.2, 0.25) is 5.82 Å². The van der Waals surface area contributed by atoms with E-state index in [1.54, 1.807) is 13.3 Å². The smallest absolute Gasteiger partial charge is 0.216 e. The van der Waals surface area contributed by atoms with Crippen LogP contribution in [0, 0.1) is 0 Å². The molecule has 0 atom stereocenters. The number of benzene rings is 1. The van der Waals surface area contributed by atoms with E-state index in [-0.39, 0.29) is 0 Å². The van der Waals surface area contributed by atoms with Gasteiger partial charge in [-0.3, -0.25) is 15.0 Å². The largest absolute Gasteiger partial charge is 0.461 e. The maximum absolute atomic E-state index is 5.97. The highest BCUT2D eigenvalue weighted by molar-refractivity contribution is 6.30. The lowest BCUT2D eigenvalue weighted by atomic mass is 10.2. The summed E-state index contributed by atoms with van der Waals surface area (Å²) >= 11 is 5.97. The average Bonchev–Trinajstić information content (AvgIpc) is 3.43. The summed E-state index contributed by atoms with van der Waals surface area (Å²) in [6, 6.07) is 11.7. The number of hydrogen-bond acceptors (Lipinski definition) is 5. The number of piperazine rings is 1. The summed E-state index contributed by atoms with van der Waals surface area (Å²) in [6.45, 7) is 5.25. The molecule has 152 valence electrons. The number of hydrogen-bond donors (Lipinski definition) is 2. The number of guanidine groups is 1.